The summed E-state index contributed by atoms with van der Waals surface area (Å²) in [6, 6.07) is 7.74. The van der Waals surface area contributed by atoms with E-state index in [1.807, 2.05) is 26.8 Å². The lowest BCUT2D eigenvalue weighted by Gasteiger charge is -2.13. The predicted molar refractivity (Wildman–Crippen MR) is 97.8 cm³/mol. The van der Waals surface area contributed by atoms with Crippen LogP contribution in [0.5, 0.6) is 0 Å². The smallest absolute Gasteiger partial charge is 0.274 e. The number of nitrogens with one attached hydrogen (secondary N) is 2. The summed E-state index contributed by atoms with van der Waals surface area (Å²) in [7, 11) is 1.68. The van der Waals surface area contributed by atoms with E-state index in [4.69, 9.17) is 4.74 Å². The average molecular weight is 327 g/mol. The van der Waals surface area contributed by atoms with Crippen LogP contribution in [-0.2, 0) is 4.74 Å². The number of nitrogens with zero attached hydrogens (tertiary/aromatic N) is 1. The highest BCUT2D eigenvalue weighted by atomic mass is 16.5. The Morgan fingerprint density at radius 1 is 1.17 bits per heavy atom. The molecule has 5 heteroatoms. The monoisotopic (exact) mass is 327 g/mol. The van der Waals surface area contributed by atoms with Gasteiger partial charge in [-0.05, 0) is 50.5 Å². The van der Waals surface area contributed by atoms with E-state index in [0.717, 1.165) is 35.5 Å². The molecule has 0 aliphatic heterocycles. The molecule has 0 aliphatic rings. The summed E-state index contributed by atoms with van der Waals surface area (Å²) in [5.74, 6) is -0.203. The summed E-state index contributed by atoms with van der Waals surface area (Å²) in [5, 5.41) is 6.25. The highest BCUT2D eigenvalue weighted by Crippen LogP contribution is 2.22. The van der Waals surface area contributed by atoms with E-state index >= 15 is 0 Å². The van der Waals surface area contributed by atoms with E-state index in [-0.39, 0.29) is 5.91 Å². The van der Waals surface area contributed by atoms with Gasteiger partial charge < -0.3 is 15.4 Å². The van der Waals surface area contributed by atoms with Crippen molar-refractivity contribution in [2.24, 2.45) is 0 Å². The largest absolute Gasteiger partial charge is 0.385 e. The van der Waals surface area contributed by atoms with Crippen molar-refractivity contribution in [3.8, 4) is 0 Å². The number of aromatic nitrogens is 1. The van der Waals surface area contributed by atoms with E-state index in [2.05, 4.69) is 27.8 Å². The van der Waals surface area contributed by atoms with Gasteiger partial charge in [0.05, 0.1) is 0 Å². The van der Waals surface area contributed by atoms with Crippen molar-refractivity contribution in [1.29, 1.82) is 0 Å². The summed E-state index contributed by atoms with van der Waals surface area (Å²) in [5.41, 5.74) is 5.41. The van der Waals surface area contributed by atoms with Crippen LogP contribution in [0.2, 0.25) is 0 Å². The number of pyridine rings is 1. The third kappa shape index (κ3) is 4.80. The number of amides is 1. The van der Waals surface area contributed by atoms with Crippen LogP contribution in [0, 0.1) is 20.8 Å². The van der Waals surface area contributed by atoms with Gasteiger partial charge in [0, 0.05) is 37.8 Å². The van der Waals surface area contributed by atoms with Gasteiger partial charge in [-0.25, -0.2) is 0 Å². The number of methoxy groups -OCH3 is 1. The summed E-state index contributed by atoms with van der Waals surface area (Å²) < 4.78 is 5.02. The first-order valence-electron chi connectivity index (χ1n) is 8.09. The molecule has 0 spiro atoms. The molecule has 2 aromatic rings. The molecule has 128 valence electrons. The van der Waals surface area contributed by atoms with Crippen LogP contribution in [0.4, 0.5) is 11.4 Å². The first-order valence-corrected chi connectivity index (χ1v) is 8.09. The zero-order valence-corrected chi connectivity index (χ0v) is 14.8. The summed E-state index contributed by atoms with van der Waals surface area (Å²) in [4.78, 5) is 16.7. The topological polar surface area (TPSA) is 63.2 Å². The van der Waals surface area contributed by atoms with Crippen LogP contribution in [0.25, 0.3) is 0 Å². The lowest BCUT2D eigenvalue weighted by molar-refractivity contribution is 0.102. The van der Waals surface area contributed by atoms with Crippen molar-refractivity contribution in [2.75, 3.05) is 30.9 Å². The molecule has 0 fully saturated rings. The number of benzene rings is 1. The van der Waals surface area contributed by atoms with E-state index in [1.54, 1.807) is 19.4 Å². The molecule has 0 saturated heterocycles. The van der Waals surface area contributed by atoms with E-state index < -0.39 is 0 Å². The molecule has 0 aliphatic carbocycles. The van der Waals surface area contributed by atoms with Crippen molar-refractivity contribution < 1.29 is 9.53 Å². The first-order chi connectivity index (χ1) is 11.5. The molecule has 24 heavy (non-hydrogen) atoms. The maximum atomic E-state index is 12.5. The molecule has 0 atom stereocenters. The Labute approximate surface area is 143 Å². The second kappa shape index (κ2) is 8.45. The number of hydrogen-bond acceptors (Lipinski definition) is 4. The van der Waals surface area contributed by atoms with Crippen molar-refractivity contribution >= 4 is 17.3 Å². The molecule has 2 rings (SSSR count). The lowest BCUT2D eigenvalue weighted by Crippen LogP contribution is -2.16. The SMILES string of the molecule is COCCCNc1ccnc(C(=O)Nc2c(C)cc(C)cc2C)c1. The summed E-state index contributed by atoms with van der Waals surface area (Å²) >= 11 is 0. The maximum absolute atomic E-state index is 12.5. The number of hydrogen-bond donors (Lipinski definition) is 2. The van der Waals surface area contributed by atoms with Gasteiger partial charge in [0.15, 0.2) is 0 Å². The highest BCUT2D eigenvalue weighted by Gasteiger charge is 2.12. The van der Waals surface area contributed by atoms with Gasteiger partial charge in [0.2, 0.25) is 0 Å². The molecule has 1 amide bonds. The Morgan fingerprint density at radius 3 is 2.54 bits per heavy atom. The third-order valence-electron chi connectivity index (χ3n) is 3.76. The molecule has 1 heterocycles. The van der Waals surface area contributed by atoms with Gasteiger partial charge in [-0.1, -0.05) is 17.7 Å². The Balaban J connectivity index is 2.07. The van der Waals surface area contributed by atoms with Crippen molar-refractivity contribution in [3.63, 3.8) is 0 Å². The van der Waals surface area contributed by atoms with Gasteiger partial charge in [0.25, 0.3) is 5.91 Å². The number of anilines is 2. The summed E-state index contributed by atoms with van der Waals surface area (Å²) in [6.07, 6.45) is 2.55. The molecule has 2 N–H and O–H groups in total. The van der Waals surface area contributed by atoms with Crippen molar-refractivity contribution in [3.05, 3.63) is 52.8 Å². The van der Waals surface area contributed by atoms with Crippen LogP contribution in [0.3, 0.4) is 0 Å². The van der Waals surface area contributed by atoms with Crippen molar-refractivity contribution in [1.82, 2.24) is 4.98 Å². The molecule has 5 nitrogen and oxygen atoms in total. The van der Waals surface area contributed by atoms with E-state index in [9.17, 15) is 4.79 Å². The minimum atomic E-state index is -0.203. The molecular weight excluding hydrogens is 302 g/mol. The molecule has 1 aromatic heterocycles. The Morgan fingerprint density at radius 2 is 1.88 bits per heavy atom. The third-order valence-corrected chi connectivity index (χ3v) is 3.76. The van der Waals surface area contributed by atoms with Crippen LogP contribution in [0.1, 0.15) is 33.6 Å². The van der Waals surface area contributed by atoms with E-state index in [0.29, 0.717) is 12.3 Å². The van der Waals surface area contributed by atoms with Crippen LogP contribution in [-0.4, -0.2) is 31.2 Å². The average Bonchev–Trinajstić information content (AvgIpc) is 2.55. The zero-order chi connectivity index (χ0) is 17.5. The van der Waals surface area contributed by atoms with Gasteiger partial charge in [0.1, 0.15) is 5.69 Å². The molecule has 0 bridgehead atoms. The second-order valence-corrected chi connectivity index (χ2v) is 5.93. The predicted octanol–water partition coefficient (Wildman–Crippen LogP) is 3.71. The first kappa shape index (κ1) is 17.9. The molecule has 0 saturated carbocycles. The second-order valence-electron chi connectivity index (χ2n) is 5.93. The Hall–Kier alpha value is -2.40. The van der Waals surface area contributed by atoms with Gasteiger partial charge in [-0.15, -0.1) is 0 Å². The van der Waals surface area contributed by atoms with Gasteiger partial charge in [-0.2, -0.15) is 0 Å². The normalized spacial score (nSPS) is 10.5. The number of carbonyl (C=O) groups excluding carboxylic acids is 1. The Kier molecular flexibility index (Phi) is 6.32. The number of rotatable bonds is 7. The van der Waals surface area contributed by atoms with Crippen LogP contribution in [0.15, 0.2) is 30.5 Å². The lowest BCUT2D eigenvalue weighted by atomic mass is 10.0. The number of aryl methyl sites for hydroxylation is 3. The number of carbonyl (C=O) groups is 1. The molecule has 0 unspecified atom stereocenters. The van der Waals surface area contributed by atoms with E-state index in [1.165, 1.54) is 5.56 Å². The molecule has 0 radical (unpaired) electrons. The fraction of sp³-hybridized carbons (Fsp3) is 0.368. The minimum Gasteiger partial charge on any atom is -0.385 e. The summed E-state index contributed by atoms with van der Waals surface area (Å²) in [6.45, 7) is 7.53. The maximum Gasteiger partial charge on any atom is 0.274 e. The van der Waals surface area contributed by atoms with Crippen LogP contribution < -0.4 is 10.6 Å². The van der Waals surface area contributed by atoms with Gasteiger partial charge in [-0.3, -0.25) is 9.78 Å². The molecule has 1 aromatic carbocycles. The fourth-order valence-corrected chi connectivity index (χ4v) is 2.67. The highest BCUT2D eigenvalue weighted by molar-refractivity contribution is 6.04. The standard InChI is InChI=1S/C19H25N3O2/c1-13-10-14(2)18(15(3)11-13)22-19(23)17-12-16(6-8-21-17)20-7-5-9-24-4/h6,8,10-12H,5,7,9H2,1-4H3,(H,20,21)(H,22,23). The zero-order valence-electron chi connectivity index (χ0n) is 14.8. The number of ether oxygens (including phenoxy) is 1. The van der Waals surface area contributed by atoms with Crippen LogP contribution >= 0.6 is 0 Å². The Bertz CT molecular complexity index is 691. The minimum absolute atomic E-state index is 0.203. The van der Waals surface area contributed by atoms with Crippen molar-refractivity contribution in [2.45, 2.75) is 27.2 Å². The van der Waals surface area contributed by atoms with Gasteiger partial charge >= 0.3 is 0 Å². The fourth-order valence-electron chi connectivity index (χ4n) is 2.67. The quantitative estimate of drug-likeness (QED) is 0.761. The molecular formula is C19H25N3O2.